The number of nitrogens with two attached hydrogens (primary N) is 1. The smallest absolute Gasteiger partial charge is 0.0641 e. The zero-order valence-electron chi connectivity index (χ0n) is 9.39. The predicted molar refractivity (Wildman–Crippen MR) is 65.0 cm³/mol. The molecule has 1 aliphatic rings. The molecular weight excluding hydrogens is 198 g/mol. The lowest BCUT2D eigenvalue weighted by Gasteiger charge is -2.18. The number of hydrogen-bond acceptors (Lipinski definition) is 3. The van der Waals surface area contributed by atoms with Crippen molar-refractivity contribution in [2.45, 2.75) is 25.3 Å². The van der Waals surface area contributed by atoms with Crippen molar-refractivity contribution in [1.29, 1.82) is 5.26 Å². The molecule has 1 heterocycles. The Morgan fingerprint density at radius 1 is 1.25 bits per heavy atom. The second-order valence-electron chi connectivity index (χ2n) is 4.25. The van der Waals surface area contributed by atoms with E-state index in [1.807, 2.05) is 12.1 Å². The van der Waals surface area contributed by atoms with Gasteiger partial charge < -0.3 is 10.6 Å². The SMILES string of the molecule is N#CC[C@@H](N)c1ccc(N2CCCC2)cc1. The van der Waals surface area contributed by atoms with Crippen LogP contribution in [0, 0.1) is 11.3 Å². The number of benzene rings is 1. The lowest BCUT2D eigenvalue weighted by atomic mass is 10.0. The Morgan fingerprint density at radius 2 is 1.88 bits per heavy atom. The van der Waals surface area contributed by atoms with Crippen molar-refractivity contribution in [2.24, 2.45) is 5.73 Å². The molecule has 3 nitrogen and oxygen atoms in total. The zero-order valence-corrected chi connectivity index (χ0v) is 9.39. The first-order chi connectivity index (χ1) is 7.81. The van der Waals surface area contributed by atoms with Gasteiger partial charge in [0.15, 0.2) is 0 Å². The number of rotatable bonds is 3. The molecule has 0 aliphatic carbocycles. The van der Waals surface area contributed by atoms with Crippen LogP contribution in [0.1, 0.15) is 30.9 Å². The summed E-state index contributed by atoms with van der Waals surface area (Å²) >= 11 is 0. The fourth-order valence-electron chi connectivity index (χ4n) is 2.12. The molecule has 0 aromatic heterocycles. The van der Waals surface area contributed by atoms with Crippen LogP contribution in [0.2, 0.25) is 0 Å². The average molecular weight is 215 g/mol. The molecule has 16 heavy (non-hydrogen) atoms. The number of nitrogens with zero attached hydrogens (tertiary/aromatic N) is 2. The minimum absolute atomic E-state index is 0.155. The van der Waals surface area contributed by atoms with E-state index >= 15 is 0 Å². The van der Waals surface area contributed by atoms with Crippen molar-refractivity contribution in [3.8, 4) is 6.07 Å². The zero-order chi connectivity index (χ0) is 11.4. The molecule has 0 radical (unpaired) electrons. The predicted octanol–water partition coefficient (Wildman–Crippen LogP) is 2.20. The summed E-state index contributed by atoms with van der Waals surface area (Å²) in [4.78, 5) is 2.39. The Hall–Kier alpha value is -1.53. The Kier molecular flexibility index (Phi) is 3.43. The molecule has 1 aromatic rings. The van der Waals surface area contributed by atoms with Crippen LogP contribution in [-0.2, 0) is 0 Å². The van der Waals surface area contributed by atoms with Crippen molar-refractivity contribution >= 4 is 5.69 Å². The summed E-state index contributed by atoms with van der Waals surface area (Å²) in [5.41, 5.74) is 8.19. The Morgan fingerprint density at radius 3 is 2.44 bits per heavy atom. The van der Waals surface area contributed by atoms with Crippen LogP contribution < -0.4 is 10.6 Å². The second kappa shape index (κ2) is 5.00. The average Bonchev–Trinajstić information content (AvgIpc) is 2.83. The lowest BCUT2D eigenvalue weighted by Crippen LogP contribution is -2.17. The topological polar surface area (TPSA) is 53.1 Å². The summed E-state index contributed by atoms with van der Waals surface area (Å²) in [5, 5.41) is 8.59. The van der Waals surface area contributed by atoms with Gasteiger partial charge in [0.2, 0.25) is 0 Å². The van der Waals surface area contributed by atoms with Gasteiger partial charge in [-0.2, -0.15) is 5.26 Å². The molecule has 0 spiro atoms. The van der Waals surface area contributed by atoms with Crippen molar-refractivity contribution in [2.75, 3.05) is 18.0 Å². The van der Waals surface area contributed by atoms with Crippen molar-refractivity contribution in [1.82, 2.24) is 0 Å². The Labute approximate surface area is 96.5 Å². The van der Waals surface area contributed by atoms with Crippen LogP contribution >= 0.6 is 0 Å². The molecule has 1 atom stereocenters. The molecule has 0 saturated carbocycles. The first-order valence-electron chi connectivity index (χ1n) is 5.78. The summed E-state index contributed by atoms with van der Waals surface area (Å²) in [6, 6.07) is 10.2. The van der Waals surface area contributed by atoms with Crippen LogP contribution in [0.4, 0.5) is 5.69 Å². The standard InChI is InChI=1S/C13H17N3/c14-8-7-13(15)11-3-5-12(6-4-11)16-9-1-2-10-16/h3-6,13H,1-2,7,9-10,15H2/t13-/m1/s1. The van der Waals surface area contributed by atoms with E-state index in [-0.39, 0.29) is 6.04 Å². The van der Waals surface area contributed by atoms with E-state index in [9.17, 15) is 0 Å². The molecule has 0 amide bonds. The van der Waals surface area contributed by atoms with Crippen molar-refractivity contribution in [3.05, 3.63) is 29.8 Å². The highest BCUT2D eigenvalue weighted by Crippen LogP contribution is 2.22. The van der Waals surface area contributed by atoms with Gasteiger partial charge in [0, 0.05) is 24.8 Å². The maximum atomic E-state index is 8.59. The normalized spacial score (nSPS) is 17.1. The van der Waals surface area contributed by atoms with Crippen molar-refractivity contribution < 1.29 is 0 Å². The minimum atomic E-state index is -0.155. The number of hydrogen-bond donors (Lipinski definition) is 1. The maximum absolute atomic E-state index is 8.59. The van der Waals surface area contributed by atoms with Crippen LogP contribution in [0.25, 0.3) is 0 Å². The molecule has 2 N–H and O–H groups in total. The van der Waals surface area contributed by atoms with Gasteiger partial charge in [-0.05, 0) is 30.5 Å². The Balaban J connectivity index is 2.07. The minimum Gasteiger partial charge on any atom is -0.372 e. The van der Waals surface area contributed by atoms with E-state index in [4.69, 9.17) is 11.0 Å². The third-order valence-corrected chi connectivity index (χ3v) is 3.10. The van der Waals surface area contributed by atoms with Gasteiger partial charge in [-0.3, -0.25) is 0 Å². The molecule has 3 heteroatoms. The van der Waals surface area contributed by atoms with Gasteiger partial charge in [0.05, 0.1) is 12.5 Å². The third kappa shape index (κ3) is 2.34. The summed E-state index contributed by atoms with van der Waals surface area (Å²) in [6.07, 6.45) is 2.95. The van der Waals surface area contributed by atoms with E-state index in [1.165, 1.54) is 18.5 Å². The van der Waals surface area contributed by atoms with Gasteiger partial charge in [-0.15, -0.1) is 0 Å². The molecule has 84 valence electrons. The molecule has 1 saturated heterocycles. The summed E-state index contributed by atoms with van der Waals surface area (Å²) in [7, 11) is 0. The lowest BCUT2D eigenvalue weighted by molar-refractivity contribution is 0.748. The van der Waals surface area contributed by atoms with E-state index < -0.39 is 0 Å². The molecular formula is C13H17N3. The van der Waals surface area contributed by atoms with Gasteiger partial charge in [0.1, 0.15) is 0 Å². The van der Waals surface area contributed by atoms with E-state index in [0.29, 0.717) is 6.42 Å². The van der Waals surface area contributed by atoms with Crippen LogP contribution in [0.5, 0.6) is 0 Å². The van der Waals surface area contributed by atoms with E-state index in [1.54, 1.807) is 0 Å². The fraction of sp³-hybridized carbons (Fsp3) is 0.462. The first-order valence-corrected chi connectivity index (χ1v) is 5.78. The molecule has 1 aromatic carbocycles. The number of anilines is 1. The Bertz CT molecular complexity index is 371. The van der Waals surface area contributed by atoms with Crippen LogP contribution in [-0.4, -0.2) is 13.1 Å². The highest BCUT2D eigenvalue weighted by molar-refractivity contribution is 5.48. The molecule has 1 fully saturated rings. The number of nitriles is 1. The van der Waals surface area contributed by atoms with Crippen LogP contribution in [0.3, 0.4) is 0 Å². The highest BCUT2D eigenvalue weighted by Gasteiger charge is 2.12. The van der Waals surface area contributed by atoms with Gasteiger partial charge >= 0.3 is 0 Å². The molecule has 2 rings (SSSR count). The third-order valence-electron chi connectivity index (χ3n) is 3.10. The molecule has 1 aliphatic heterocycles. The van der Waals surface area contributed by atoms with E-state index in [2.05, 4.69) is 23.1 Å². The maximum Gasteiger partial charge on any atom is 0.0641 e. The fourth-order valence-corrected chi connectivity index (χ4v) is 2.12. The summed E-state index contributed by atoms with van der Waals surface area (Å²) < 4.78 is 0. The monoisotopic (exact) mass is 215 g/mol. The van der Waals surface area contributed by atoms with E-state index in [0.717, 1.165) is 18.7 Å². The summed E-state index contributed by atoms with van der Waals surface area (Å²) in [5.74, 6) is 0. The molecule has 0 unspecified atom stereocenters. The van der Waals surface area contributed by atoms with Gasteiger partial charge in [-0.25, -0.2) is 0 Å². The summed E-state index contributed by atoms with van der Waals surface area (Å²) in [6.45, 7) is 2.31. The quantitative estimate of drug-likeness (QED) is 0.841. The largest absolute Gasteiger partial charge is 0.372 e. The van der Waals surface area contributed by atoms with Crippen molar-refractivity contribution in [3.63, 3.8) is 0 Å². The van der Waals surface area contributed by atoms with Crippen LogP contribution in [0.15, 0.2) is 24.3 Å². The highest BCUT2D eigenvalue weighted by atomic mass is 15.1. The van der Waals surface area contributed by atoms with Gasteiger partial charge in [-0.1, -0.05) is 12.1 Å². The van der Waals surface area contributed by atoms with Gasteiger partial charge in [0.25, 0.3) is 0 Å². The second-order valence-corrected chi connectivity index (χ2v) is 4.25. The molecule has 0 bridgehead atoms. The first kappa shape index (κ1) is 11.0.